The third kappa shape index (κ3) is 3.37. The van der Waals surface area contributed by atoms with Crippen LogP contribution in [0.5, 0.6) is 0 Å². The van der Waals surface area contributed by atoms with Crippen LogP contribution >= 0.6 is 0 Å². The predicted octanol–water partition coefficient (Wildman–Crippen LogP) is 0.903. The van der Waals surface area contributed by atoms with Gasteiger partial charge in [0.1, 0.15) is 5.41 Å². The van der Waals surface area contributed by atoms with E-state index in [0.29, 0.717) is 39.1 Å². The zero-order valence-electron chi connectivity index (χ0n) is 13.4. The third-order valence-corrected chi connectivity index (χ3v) is 4.15. The molecule has 0 saturated carbocycles. The molecule has 2 aliphatic heterocycles. The Morgan fingerprint density at radius 3 is 2.14 bits per heavy atom. The van der Waals surface area contributed by atoms with Crippen LogP contribution in [0.1, 0.15) is 40.5 Å². The zero-order valence-corrected chi connectivity index (χ0v) is 13.4. The summed E-state index contributed by atoms with van der Waals surface area (Å²) in [6.45, 7) is 9.51. The first kappa shape index (κ1) is 16.2. The van der Waals surface area contributed by atoms with Crippen molar-refractivity contribution in [2.45, 2.75) is 52.4 Å². The standard InChI is InChI=1S/C15H26N2O4/c1-11(2)16-12(18)14(3,4)13(19)17-7-5-15(6-8-17)20-9-10-21-15/h11H,5-10H2,1-4H3,(H,16,18). The summed E-state index contributed by atoms with van der Waals surface area (Å²) in [6, 6.07) is 0.0227. The number of nitrogens with one attached hydrogen (secondary N) is 1. The molecule has 2 amide bonds. The Balaban J connectivity index is 1.95. The number of piperidine rings is 1. The normalized spacial score (nSPS) is 21.9. The fourth-order valence-corrected chi connectivity index (χ4v) is 2.77. The molecule has 0 aliphatic carbocycles. The van der Waals surface area contributed by atoms with Crippen LogP contribution in [-0.2, 0) is 19.1 Å². The monoisotopic (exact) mass is 298 g/mol. The fourth-order valence-electron chi connectivity index (χ4n) is 2.77. The van der Waals surface area contributed by atoms with E-state index in [0.717, 1.165) is 0 Å². The highest BCUT2D eigenvalue weighted by atomic mass is 16.7. The largest absolute Gasteiger partial charge is 0.353 e. The van der Waals surface area contributed by atoms with Crippen LogP contribution in [0.2, 0.25) is 0 Å². The molecule has 0 radical (unpaired) electrons. The van der Waals surface area contributed by atoms with Crippen LogP contribution in [0.15, 0.2) is 0 Å². The topological polar surface area (TPSA) is 67.9 Å². The van der Waals surface area contributed by atoms with Gasteiger partial charge in [0, 0.05) is 32.0 Å². The number of hydrogen-bond acceptors (Lipinski definition) is 4. The van der Waals surface area contributed by atoms with Crippen molar-refractivity contribution in [2.75, 3.05) is 26.3 Å². The number of ether oxygens (including phenoxy) is 2. The number of amides is 2. The number of nitrogens with zero attached hydrogens (tertiary/aromatic N) is 1. The van der Waals surface area contributed by atoms with Crippen molar-refractivity contribution >= 4 is 11.8 Å². The van der Waals surface area contributed by atoms with Gasteiger partial charge in [-0.25, -0.2) is 0 Å². The van der Waals surface area contributed by atoms with Gasteiger partial charge in [0.05, 0.1) is 13.2 Å². The first-order valence-corrected chi connectivity index (χ1v) is 7.65. The molecule has 21 heavy (non-hydrogen) atoms. The Morgan fingerprint density at radius 1 is 1.14 bits per heavy atom. The average molecular weight is 298 g/mol. The van der Waals surface area contributed by atoms with E-state index in [1.54, 1.807) is 18.7 Å². The summed E-state index contributed by atoms with van der Waals surface area (Å²) >= 11 is 0. The second kappa shape index (κ2) is 5.93. The van der Waals surface area contributed by atoms with Gasteiger partial charge in [-0.3, -0.25) is 9.59 Å². The second-order valence-corrected chi connectivity index (χ2v) is 6.65. The Kier molecular flexibility index (Phi) is 4.58. The Morgan fingerprint density at radius 2 is 1.67 bits per heavy atom. The zero-order chi connectivity index (χ0) is 15.7. The van der Waals surface area contributed by atoms with Gasteiger partial charge in [-0.15, -0.1) is 0 Å². The number of carbonyl (C=O) groups excluding carboxylic acids is 2. The maximum atomic E-state index is 12.6. The smallest absolute Gasteiger partial charge is 0.237 e. The van der Waals surface area contributed by atoms with E-state index in [9.17, 15) is 9.59 Å². The van der Waals surface area contributed by atoms with Gasteiger partial charge in [-0.1, -0.05) is 0 Å². The summed E-state index contributed by atoms with van der Waals surface area (Å²) in [5.41, 5.74) is -1.05. The summed E-state index contributed by atoms with van der Waals surface area (Å²) in [7, 11) is 0. The van der Waals surface area contributed by atoms with Crippen LogP contribution < -0.4 is 5.32 Å². The van der Waals surface area contributed by atoms with E-state index in [-0.39, 0.29) is 17.9 Å². The maximum Gasteiger partial charge on any atom is 0.237 e. The minimum absolute atomic E-state index is 0.0227. The molecule has 2 rings (SSSR count). The Hall–Kier alpha value is -1.14. The van der Waals surface area contributed by atoms with Gasteiger partial charge in [0.2, 0.25) is 11.8 Å². The third-order valence-electron chi connectivity index (χ3n) is 4.15. The molecule has 0 aromatic heterocycles. The average Bonchev–Trinajstić information content (AvgIpc) is 2.86. The molecule has 2 saturated heterocycles. The minimum Gasteiger partial charge on any atom is -0.353 e. The molecule has 2 fully saturated rings. The molecule has 2 heterocycles. The van der Waals surface area contributed by atoms with Crippen LogP contribution in [0.25, 0.3) is 0 Å². The SMILES string of the molecule is CC(C)NC(=O)C(C)(C)C(=O)N1CCC2(CC1)OCCO2. The van der Waals surface area contributed by atoms with Crippen molar-refractivity contribution in [3.05, 3.63) is 0 Å². The van der Waals surface area contributed by atoms with Crippen LogP contribution in [0.4, 0.5) is 0 Å². The highest BCUT2D eigenvalue weighted by Gasteiger charge is 2.45. The molecule has 0 aromatic rings. The molecule has 2 aliphatic rings. The maximum absolute atomic E-state index is 12.6. The predicted molar refractivity (Wildman–Crippen MR) is 77.5 cm³/mol. The summed E-state index contributed by atoms with van der Waals surface area (Å²) in [5.74, 6) is -0.856. The van der Waals surface area contributed by atoms with E-state index < -0.39 is 11.2 Å². The molecular weight excluding hydrogens is 272 g/mol. The first-order valence-electron chi connectivity index (χ1n) is 7.65. The van der Waals surface area contributed by atoms with Crippen molar-refractivity contribution in [1.29, 1.82) is 0 Å². The molecule has 0 aromatic carbocycles. The summed E-state index contributed by atoms with van der Waals surface area (Å²) in [5, 5.41) is 2.82. The first-order chi connectivity index (χ1) is 9.77. The van der Waals surface area contributed by atoms with E-state index in [1.165, 1.54) is 0 Å². The minimum atomic E-state index is -1.05. The molecule has 0 unspecified atom stereocenters. The lowest BCUT2D eigenvalue weighted by molar-refractivity contribution is -0.189. The quantitative estimate of drug-likeness (QED) is 0.786. The van der Waals surface area contributed by atoms with Crippen molar-refractivity contribution in [1.82, 2.24) is 10.2 Å². The highest BCUT2D eigenvalue weighted by molar-refractivity contribution is 6.04. The molecule has 1 spiro atoms. The number of carbonyl (C=O) groups is 2. The number of rotatable bonds is 3. The summed E-state index contributed by atoms with van der Waals surface area (Å²) < 4.78 is 11.3. The van der Waals surface area contributed by atoms with Crippen molar-refractivity contribution in [3.63, 3.8) is 0 Å². The van der Waals surface area contributed by atoms with Crippen LogP contribution in [0.3, 0.4) is 0 Å². The molecule has 6 nitrogen and oxygen atoms in total. The van der Waals surface area contributed by atoms with E-state index in [4.69, 9.17) is 9.47 Å². The highest BCUT2D eigenvalue weighted by Crippen LogP contribution is 2.33. The van der Waals surface area contributed by atoms with Crippen molar-refractivity contribution in [3.8, 4) is 0 Å². The second-order valence-electron chi connectivity index (χ2n) is 6.65. The van der Waals surface area contributed by atoms with E-state index in [1.807, 2.05) is 13.8 Å². The van der Waals surface area contributed by atoms with Crippen molar-refractivity contribution in [2.24, 2.45) is 5.41 Å². The summed E-state index contributed by atoms with van der Waals surface area (Å²) in [6.07, 6.45) is 1.33. The van der Waals surface area contributed by atoms with Gasteiger partial charge in [-0.05, 0) is 27.7 Å². The lowest BCUT2D eigenvalue weighted by Gasteiger charge is -2.40. The Bertz CT molecular complexity index is 404. The molecule has 0 atom stereocenters. The Labute approximate surface area is 126 Å². The van der Waals surface area contributed by atoms with Gasteiger partial charge in [0.15, 0.2) is 5.79 Å². The molecule has 120 valence electrons. The van der Waals surface area contributed by atoms with Crippen molar-refractivity contribution < 1.29 is 19.1 Å². The molecule has 6 heteroatoms. The van der Waals surface area contributed by atoms with Gasteiger partial charge < -0.3 is 19.7 Å². The van der Waals surface area contributed by atoms with E-state index >= 15 is 0 Å². The van der Waals surface area contributed by atoms with Gasteiger partial charge >= 0.3 is 0 Å². The number of hydrogen-bond donors (Lipinski definition) is 1. The van der Waals surface area contributed by atoms with Gasteiger partial charge in [-0.2, -0.15) is 0 Å². The lowest BCUT2D eigenvalue weighted by Crippen LogP contribution is -2.55. The van der Waals surface area contributed by atoms with Crippen LogP contribution in [-0.4, -0.2) is 54.8 Å². The molecule has 0 bridgehead atoms. The fraction of sp³-hybridized carbons (Fsp3) is 0.867. The molecule has 1 N–H and O–H groups in total. The van der Waals surface area contributed by atoms with E-state index in [2.05, 4.69) is 5.32 Å². The molecular formula is C15H26N2O4. The lowest BCUT2D eigenvalue weighted by atomic mass is 9.88. The van der Waals surface area contributed by atoms with Gasteiger partial charge in [0.25, 0.3) is 0 Å². The summed E-state index contributed by atoms with van der Waals surface area (Å²) in [4.78, 5) is 26.6. The number of likely N-dealkylation sites (tertiary alicyclic amines) is 1. The van der Waals surface area contributed by atoms with Crippen LogP contribution in [0, 0.1) is 5.41 Å².